The van der Waals surface area contributed by atoms with Crippen LogP contribution >= 0.6 is 22.9 Å². The maximum Gasteiger partial charge on any atom is 0.188 e. The predicted molar refractivity (Wildman–Crippen MR) is 62.2 cm³/mol. The topological polar surface area (TPSA) is 38.7 Å². The smallest absolute Gasteiger partial charge is 0.188 e. The quantitative estimate of drug-likeness (QED) is 0.771. The molecule has 0 bridgehead atoms. The molecule has 0 aromatic carbocycles. The number of halogens is 1. The van der Waals surface area contributed by atoms with Crippen molar-refractivity contribution >= 4 is 22.9 Å². The summed E-state index contributed by atoms with van der Waals surface area (Å²) < 4.78 is 0. The van der Waals surface area contributed by atoms with Crippen molar-refractivity contribution in [2.45, 2.75) is 12.8 Å². The van der Waals surface area contributed by atoms with Crippen molar-refractivity contribution in [2.24, 2.45) is 0 Å². The molecule has 0 saturated carbocycles. The number of nitrogens with zero attached hydrogens (tertiary/aromatic N) is 3. The molecule has 0 unspecified atom stereocenters. The van der Waals surface area contributed by atoms with E-state index in [-0.39, 0.29) is 0 Å². The summed E-state index contributed by atoms with van der Waals surface area (Å²) in [6.07, 6.45) is 5.33. The van der Waals surface area contributed by atoms with E-state index in [0.29, 0.717) is 11.7 Å². The van der Waals surface area contributed by atoms with E-state index in [1.54, 1.807) is 29.8 Å². The summed E-state index contributed by atoms with van der Waals surface area (Å²) in [4.78, 5) is 12.8. The lowest BCUT2D eigenvalue weighted by molar-refractivity contribution is 0.898. The van der Waals surface area contributed by atoms with Crippen molar-refractivity contribution < 1.29 is 0 Å². The molecule has 0 atom stereocenters. The lowest BCUT2D eigenvalue weighted by Gasteiger charge is -1.92. The van der Waals surface area contributed by atoms with Gasteiger partial charge in [-0.2, -0.15) is 0 Å². The first-order valence-electron chi connectivity index (χ1n) is 4.68. The molecule has 0 amide bonds. The van der Waals surface area contributed by atoms with Gasteiger partial charge in [0.2, 0.25) is 0 Å². The van der Waals surface area contributed by atoms with E-state index in [1.165, 1.54) is 0 Å². The van der Waals surface area contributed by atoms with Crippen molar-refractivity contribution in [3.63, 3.8) is 0 Å². The second kappa shape index (κ2) is 5.19. The van der Waals surface area contributed by atoms with E-state index >= 15 is 0 Å². The summed E-state index contributed by atoms with van der Waals surface area (Å²) in [5.41, 5.74) is 1.07. The monoisotopic (exact) mass is 239 g/mol. The largest absolute Gasteiger partial charge is 0.238 e. The highest BCUT2D eigenvalue weighted by atomic mass is 35.5. The third kappa shape index (κ3) is 2.73. The number of thiazole rings is 1. The summed E-state index contributed by atoms with van der Waals surface area (Å²) in [6.45, 7) is 0. The van der Waals surface area contributed by atoms with E-state index in [9.17, 15) is 0 Å². The van der Waals surface area contributed by atoms with Crippen LogP contribution in [0.15, 0.2) is 23.8 Å². The molecule has 2 aromatic rings. The van der Waals surface area contributed by atoms with Gasteiger partial charge in [-0.05, 0) is 18.9 Å². The minimum Gasteiger partial charge on any atom is -0.238 e. The van der Waals surface area contributed by atoms with Crippen molar-refractivity contribution in [1.82, 2.24) is 15.0 Å². The van der Waals surface area contributed by atoms with Crippen LogP contribution < -0.4 is 0 Å². The van der Waals surface area contributed by atoms with Gasteiger partial charge in [0.25, 0.3) is 0 Å². The highest BCUT2D eigenvalue weighted by Gasteiger charge is 2.05. The Hall–Kier alpha value is -1.00. The van der Waals surface area contributed by atoms with E-state index in [0.717, 1.165) is 23.5 Å². The fourth-order valence-corrected chi connectivity index (χ4v) is 2.11. The molecule has 15 heavy (non-hydrogen) atoms. The lowest BCUT2D eigenvalue weighted by Crippen LogP contribution is -1.89. The van der Waals surface area contributed by atoms with Crippen molar-refractivity contribution in [3.8, 4) is 10.8 Å². The summed E-state index contributed by atoms with van der Waals surface area (Å²) in [5, 5.41) is 2.92. The molecule has 2 heterocycles. The first-order chi connectivity index (χ1) is 7.40. The Morgan fingerprint density at radius 1 is 1.27 bits per heavy atom. The highest BCUT2D eigenvalue weighted by Crippen LogP contribution is 2.20. The molecule has 5 heteroatoms. The molecule has 3 nitrogen and oxygen atoms in total. The minimum atomic E-state index is 0.675. The Morgan fingerprint density at radius 2 is 2.07 bits per heavy atom. The molecule has 0 radical (unpaired) electrons. The summed E-state index contributed by atoms with van der Waals surface area (Å²) in [6, 6.07) is 1.80. The fourth-order valence-electron chi connectivity index (χ4n) is 1.18. The number of hydrogen-bond donors (Lipinski definition) is 0. The van der Waals surface area contributed by atoms with E-state index in [2.05, 4.69) is 15.0 Å². The van der Waals surface area contributed by atoms with Crippen LogP contribution in [0.4, 0.5) is 0 Å². The van der Waals surface area contributed by atoms with E-state index < -0.39 is 0 Å². The van der Waals surface area contributed by atoms with Crippen LogP contribution in [-0.4, -0.2) is 20.8 Å². The minimum absolute atomic E-state index is 0.675. The molecule has 0 fully saturated rings. The average molecular weight is 240 g/mol. The number of alkyl halides is 1. The third-order valence-electron chi connectivity index (χ3n) is 1.88. The summed E-state index contributed by atoms with van der Waals surface area (Å²) in [7, 11) is 0. The van der Waals surface area contributed by atoms with Gasteiger partial charge in [-0.15, -0.1) is 22.9 Å². The summed E-state index contributed by atoms with van der Waals surface area (Å²) in [5.74, 6) is 1.37. The van der Waals surface area contributed by atoms with Crippen LogP contribution in [0.5, 0.6) is 0 Å². The van der Waals surface area contributed by atoms with Gasteiger partial charge in [0, 0.05) is 23.7 Å². The molecule has 0 saturated heterocycles. The molecule has 2 rings (SSSR count). The van der Waals surface area contributed by atoms with Crippen molar-refractivity contribution in [2.75, 3.05) is 5.88 Å². The molecule has 78 valence electrons. The van der Waals surface area contributed by atoms with Crippen LogP contribution in [0.25, 0.3) is 10.8 Å². The standard InChI is InChI=1S/C10H10ClN3S/c11-4-1-3-8-7-15-10(14-8)9-12-5-2-6-13-9/h2,5-7H,1,3-4H2. The molecular weight excluding hydrogens is 230 g/mol. The lowest BCUT2D eigenvalue weighted by atomic mass is 10.3. The predicted octanol–water partition coefficient (Wildman–Crippen LogP) is 2.77. The van der Waals surface area contributed by atoms with E-state index in [1.807, 2.05) is 5.38 Å². The maximum absolute atomic E-state index is 5.63. The van der Waals surface area contributed by atoms with Crippen molar-refractivity contribution in [1.29, 1.82) is 0 Å². The van der Waals surface area contributed by atoms with Crippen LogP contribution in [0, 0.1) is 0 Å². The van der Waals surface area contributed by atoms with Gasteiger partial charge in [-0.1, -0.05) is 0 Å². The molecule has 0 aliphatic heterocycles. The second-order valence-electron chi connectivity index (χ2n) is 3.01. The Labute approximate surface area is 97.2 Å². The van der Waals surface area contributed by atoms with Crippen LogP contribution in [0.1, 0.15) is 12.1 Å². The number of aryl methyl sites for hydroxylation is 1. The zero-order valence-corrected chi connectivity index (χ0v) is 9.63. The van der Waals surface area contributed by atoms with Crippen LogP contribution in [0.2, 0.25) is 0 Å². The summed E-state index contributed by atoms with van der Waals surface area (Å²) >= 11 is 7.20. The Morgan fingerprint density at radius 3 is 2.80 bits per heavy atom. The van der Waals surface area contributed by atoms with Gasteiger partial charge in [0.1, 0.15) is 0 Å². The molecule has 0 N–H and O–H groups in total. The zero-order valence-electron chi connectivity index (χ0n) is 8.06. The zero-order chi connectivity index (χ0) is 10.5. The van der Waals surface area contributed by atoms with Gasteiger partial charge < -0.3 is 0 Å². The molecule has 2 aromatic heterocycles. The van der Waals surface area contributed by atoms with Crippen LogP contribution in [-0.2, 0) is 6.42 Å². The third-order valence-corrected chi connectivity index (χ3v) is 3.03. The van der Waals surface area contributed by atoms with E-state index in [4.69, 9.17) is 11.6 Å². The first-order valence-corrected chi connectivity index (χ1v) is 6.09. The molecule has 0 aliphatic carbocycles. The number of aromatic nitrogens is 3. The normalized spacial score (nSPS) is 10.5. The van der Waals surface area contributed by atoms with Gasteiger partial charge in [0.15, 0.2) is 10.8 Å². The van der Waals surface area contributed by atoms with Crippen LogP contribution in [0.3, 0.4) is 0 Å². The average Bonchev–Trinajstić information content (AvgIpc) is 2.76. The first kappa shape index (κ1) is 10.5. The van der Waals surface area contributed by atoms with Crippen molar-refractivity contribution in [3.05, 3.63) is 29.5 Å². The number of hydrogen-bond acceptors (Lipinski definition) is 4. The SMILES string of the molecule is ClCCCc1csc(-c2ncccn2)n1. The second-order valence-corrected chi connectivity index (χ2v) is 4.24. The number of rotatable bonds is 4. The molecule has 0 aliphatic rings. The Kier molecular flexibility index (Phi) is 3.64. The maximum atomic E-state index is 5.63. The molecule has 0 spiro atoms. The van der Waals surface area contributed by atoms with Gasteiger partial charge in [-0.3, -0.25) is 0 Å². The molecular formula is C10H10ClN3S. The fraction of sp³-hybridized carbons (Fsp3) is 0.300. The Balaban J connectivity index is 2.14. The highest BCUT2D eigenvalue weighted by molar-refractivity contribution is 7.13. The van der Waals surface area contributed by atoms with Gasteiger partial charge in [0.05, 0.1) is 5.69 Å². The van der Waals surface area contributed by atoms with Gasteiger partial charge >= 0.3 is 0 Å². The van der Waals surface area contributed by atoms with Gasteiger partial charge in [-0.25, -0.2) is 15.0 Å². The Bertz CT molecular complexity index is 416.